The zero-order valence-electron chi connectivity index (χ0n) is 7.46. The summed E-state index contributed by atoms with van der Waals surface area (Å²) in [7, 11) is 0. The predicted molar refractivity (Wildman–Crippen MR) is 56.0 cm³/mol. The number of aliphatic carboxylic acids is 1. The molecule has 0 heterocycles. The number of benzene rings is 1. The molecule has 0 aromatic heterocycles. The Hall–Kier alpha value is -0.870. The largest absolute Gasteiger partial charge is 0.480 e. The molecular weight excluding hydrogens is 246 g/mol. The summed E-state index contributed by atoms with van der Waals surface area (Å²) in [6, 6.07) is 5.52. The van der Waals surface area contributed by atoms with E-state index in [0.717, 1.165) is 22.0 Å². The molecule has 1 atom stereocenters. The lowest BCUT2D eigenvalue weighted by molar-refractivity contribution is -0.143. The number of carboxylic acids is 1. The average Bonchev–Trinajstić information content (AvgIpc) is 2.47. The van der Waals surface area contributed by atoms with Crippen LogP contribution in [0.2, 0.25) is 0 Å². The SMILES string of the molecule is N[C@@]1(C(=O)O)CCc2c(Br)cccc21. The van der Waals surface area contributed by atoms with Crippen LogP contribution in [-0.2, 0) is 16.8 Å². The van der Waals surface area contributed by atoms with E-state index in [-0.39, 0.29) is 0 Å². The molecule has 0 fully saturated rings. The van der Waals surface area contributed by atoms with Gasteiger partial charge in [-0.15, -0.1) is 0 Å². The Morgan fingerprint density at radius 2 is 2.29 bits per heavy atom. The van der Waals surface area contributed by atoms with Gasteiger partial charge in [-0.25, -0.2) is 4.79 Å². The molecule has 0 aliphatic heterocycles. The molecule has 1 aromatic carbocycles. The minimum absolute atomic E-state index is 0.472. The Kier molecular flexibility index (Phi) is 2.12. The third kappa shape index (κ3) is 1.18. The monoisotopic (exact) mass is 255 g/mol. The maximum absolute atomic E-state index is 11.1. The van der Waals surface area contributed by atoms with Gasteiger partial charge in [0.1, 0.15) is 5.54 Å². The molecule has 0 radical (unpaired) electrons. The van der Waals surface area contributed by atoms with Crippen molar-refractivity contribution < 1.29 is 9.90 Å². The minimum Gasteiger partial charge on any atom is -0.480 e. The van der Waals surface area contributed by atoms with Gasteiger partial charge in [-0.3, -0.25) is 0 Å². The van der Waals surface area contributed by atoms with Crippen molar-refractivity contribution in [2.75, 3.05) is 0 Å². The first-order valence-electron chi connectivity index (χ1n) is 4.36. The molecule has 0 unspecified atom stereocenters. The van der Waals surface area contributed by atoms with Crippen LogP contribution in [0.4, 0.5) is 0 Å². The van der Waals surface area contributed by atoms with Crippen LogP contribution in [0, 0.1) is 0 Å². The molecular formula is C10H10BrNO2. The number of nitrogens with two attached hydrogens (primary N) is 1. The van der Waals surface area contributed by atoms with Crippen LogP contribution >= 0.6 is 15.9 Å². The Morgan fingerprint density at radius 1 is 1.57 bits per heavy atom. The van der Waals surface area contributed by atoms with Crippen LogP contribution in [0.25, 0.3) is 0 Å². The highest BCUT2D eigenvalue weighted by Crippen LogP contribution is 2.38. The van der Waals surface area contributed by atoms with E-state index in [0.29, 0.717) is 6.42 Å². The van der Waals surface area contributed by atoms with E-state index in [1.54, 1.807) is 6.07 Å². The Bertz CT molecular complexity index is 405. The highest BCUT2D eigenvalue weighted by atomic mass is 79.9. The standard InChI is InChI=1S/C10H10BrNO2/c11-8-3-1-2-7-6(8)4-5-10(7,12)9(13)14/h1-3H,4-5,12H2,(H,13,14)/t10-/m0/s1. The van der Waals surface area contributed by atoms with E-state index in [9.17, 15) is 4.79 Å². The molecule has 0 saturated carbocycles. The number of fused-ring (bicyclic) bond motifs is 1. The van der Waals surface area contributed by atoms with E-state index in [4.69, 9.17) is 10.8 Å². The van der Waals surface area contributed by atoms with Crippen molar-refractivity contribution in [2.45, 2.75) is 18.4 Å². The summed E-state index contributed by atoms with van der Waals surface area (Å²) in [6.45, 7) is 0. The fourth-order valence-electron chi connectivity index (χ4n) is 1.91. The number of rotatable bonds is 1. The molecule has 2 rings (SSSR count). The van der Waals surface area contributed by atoms with Crippen molar-refractivity contribution in [2.24, 2.45) is 5.73 Å². The fourth-order valence-corrected chi connectivity index (χ4v) is 2.47. The summed E-state index contributed by atoms with van der Waals surface area (Å²) in [5.41, 5.74) is 6.43. The smallest absolute Gasteiger partial charge is 0.328 e. The molecule has 74 valence electrons. The van der Waals surface area contributed by atoms with Gasteiger partial charge in [-0.1, -0.05) is 28.1 Å². The summed E-state index contributed by atoms with van der Waals surface area (Å²) >= 11 is 3.40. The predicted octanol–water partition coefficient (Wildman–Crippen LogP) is 1.63. The second kappa shape index (κ2) is 3.07. The van der Waals surface area contributed by atoms with Crippen molar-refractivity contribution in [3.63, 3.8) is 0 Å². The molecule has 0 saturated heterocycles. The molecule has 14 heavy (non-hydrogen) atoms. The quantitative estimate of drug-likeness (QED) is 0.802. The topological polar surface area (TPSA) is 63.3 Å². The van der Waals surface area contributed by atoms with E-state index < -0.39 is 11.5 Å². The van der Waals surface area contributed by atoms with Crippen molar-refractivity contribution >= 4 is 21.9 Å². The Labute approximate surface area is 90.0 Å². The summed E-state index contributed by atoms with van der Waals surface area (Å²) in [5.74, 6) is -0.950. The molecule has 0 bridgehead atoms. The lowest BCUT2D eigenvalue weighted by Gasteiger charge is -2.19. The lowest BCUT2D eigenvalue weighted by atomic mass is 9.93. The molecule has 0 amide bonds. The van der Waals surface area contributed by atoms with E-state index >= 15 is 0 Å². The maximum Gasteiger partial charge on any atom is 0.328 e. The summed E-state index contributed by atoms with van der Waals surface area (Å²) < 4.78 is 0.948. The normalized spacial score (nSPS) is 24.7. The zero-order valence-corrected chi connectivity index (χ0v) is 9.04. The third-order valence-corrected chi connectivity index (χ3v) is 3.49. The van der Waals surface area contributed by atoms with Crippen molar-refractivity contribution in [1.82, 2.24) is 0 Å². The van der Waals surface area contributed by atoms with Crippen LogP contribution in [-0.4, -0.2) is 11.1 Å². The first-order valence-corrected chi connectivity index (χ1v) is 5.15. The zero-order chi connectivity index (χ0) is 10.3. The van der Waals surface area contributed by atoms with Crippen molar-refractivity contribution in [3.8, 4) is 0 Å². The number of carboxylic acid groups (broad SMARTS) is 1. The van der Waals surface area contributed by atoms with Gasteiger partial charge in [-0.2, -0.15) is 0 Å². The first kappa shape index (κ1) is 9.68. The first-order chi connectivity index (χ1) is 6.55. The Morgan fingerprint density at radius 3 is 2.93 bits per heavy atom. The summed E-state index contributed by atoms with van der Waals surface area (Å²) in [4.78, 5) is 11.1. The van der Waals surface area contributed by atoms with Gasteiger partial charge in [0.2, 0.25) is 0 Å². The number of hydrogen-bond acceptors (Lipinski definition) is 2. The number of carbonyl (C=O) groups is 1. The molecule has 3 nitrogen and oxygen atoms in total. The number of hydrogen-bond donors (Lipinski definition) is 2. The van der Waals surface area contributed by atoms with Crippen LogP contribution in [0.5, 0.6) is 0 Å². The van der Waals surface area contributed by atoms with E-state index in [2.05, 4.69) is 15.9 Å². The molecule has 1 aromatic rings. The number of halogens is 1. The minimum atomic E-state index is -1.20. The van der Waals surface area contributed by atoms with Gasteiger partial charge in [0.15, 0.2) is 0 Å². The van der Waals surface area contributed by atoms with Crippen LogP contribution < -0.4 is 5.73 Å². The van der Waals surface area contributed by atoms with Crippen molar-refractivity contribution in [1.29, 1.82) is 0 Å². The van der Waals surface area contributed by atoms with Crippen LogP contribution in [0.1, 0.15) is 17.5 Å². The van der Waals surface area contributed by atoms with Crippen LogP contribution in [0.3, 0.4) is 0 Å². The molecule has 1 aliphatic rings. The molecule has 1 aliphatic carbocycles. The fraction of sp³-hybridized carbons (Fsp3) is 0.300. The molecule has 3 N–H and O–H groups in total. The second-order valence-electron chi connectivity index (χ2n) is 3.54. The summed E-state index contributed by atoms with van der Waals surface area (Å²) in [5, 5.41) is 9.07. The third-order valence-electron chi connectivity index (χ3n) is 2.75. The van der Waals surface area contributed by atoms with Gasteiger partial charge in [0.05, 0.1) is 0 Å². The van der Waals surface area contributed by atoms with Crippen LogP contribution in [0.15, 0.2) is 22.7 Å². The van der Waals surface area contributed by atoms with Gasteiger partial charge >= 0.3 is 5.97 Å². The highest BCUT2D eigenvalue weighted by Gasteiger charge is 2.42. The van der Waals surface area contributed by atoms with Gasteiger partial charge < -0.3 is 10.8 Å². The van der Waals surface area contributed by atoms with Gasteiger partial charge in [0, 0.05) is 4.47 Å². The van der Waals surface area contributed by atoms with E-state index in [1.807, 2.05) is 12.1 Å². The maximum atomic E-state index is 11.1. The average molecular weight is 256 g/mol. The van der Waals surface area contributed by atoms with Crippen molar-refractivity contribution in [3.05, 3.63) is 33.8 Å². The Balaban J connectivity index is 2.60. The summed E-state index contributed by atoms with van der Waals surface area (Å²) in [6.07, 6.45) is 1.19. The van der Waals surface area contributed by atoms with E-state index in [1.165, 1.54) is 0 Å². The highest BCUT2D eigenvalue weighted by molar-refractivity contribution is 9.10. The second-order valence-corrected chi connectivity index (χ2v) is 4.40. The van der Waals surface area contributed by atoms with Gasteiger partial charge in [-0.05, 0) is 30.0 Å². The molecule has 4 heteroatoms. The lowest BCUT2D eigenvalue weighted by Crippen LogP contribution is -2.42. The molecule has 0 spiro atoms. The van der Waals surface area contributed by atoms with Gasteiger partial charge in [0.25, 0.3) is 0 Å².